The molecule has 5 nitrogen and oxygen atoms in total. The van der Waals surface area contributed by atoms with Crippen molar-refractivity contribution in [2.75, 3.05) is 24.2 Å². The van der Waals surface area contributed by atoms with Crippen molar-refractivity contribution in [3.63, 3.8) is 0 Å². The summed E-state index contributed by atoms with van der Waals surface area (Å²) < 4.78 is 0. The molecule has 0 unspecified atom stereocenters. The van der Waals surface area contributed by atoms with E-state index in [2.05, 4.69) is 10.6 Å². The third-order valence-corrected chi connectivity index (χ3v) is 3.82. The van der Waals surface area contributed by atoms with Gasteiger partial charge in [0.2, 0.25) is 5.91 Å². The minimum Gasteiger partial charge on any atom is -0.396 e. The number of aliphatic hydroxyl groups excluding tert-OH is 1. The first-order valence-electron chi connectivity index (χ1n) is 6.16. The standard InChI is InChI=1S/C13H16N2O3S/c16-6-2-1-5-14-13(18)9-3-4-11-10(7-9)15-12(17)8-19-11/h3-4,7,16H,1-2,5-6,8H2,(H,14,18)(H,15,17). The summed E-state index contributed by atoms with van der Waals surface area (Å²) in [5, 5.41) is 14.2. The van der Waals surface area contributed by atoms with Crippen LogP contribution in [0.15, 0.2) is 23.1 Å². The van der Waals surface area contributed by atoms with Crippen LogP contribution in [-0.4, -0.2) is 35.8 Å². The summed E-state index contributed by atoms with van der Waals surface area (Å²) in [6.45, 7) is 0.676. The second kappa shape index (κ2) is 6.58. The van der Waals surface area contributed by atoms with Crippen LogP contribution in [0, 0.1) is 0 Å². The van der Waals surface area contributed by atoms with Crippen LogP contribution in [0.3, 0.4) is 0 Å². The molecule has 1 aromatic rings. The Kier molecular flexibility index (Phi) is 4.81. The van der Waals surface area contributed by atoms with Crippen molar-refractivity contribution in [3.8, 4) is 0 Å². The Bertz CT molecular complexity index is 491. The van der Waals surface area contributed by atoms with E-state index >= 15 is 0 Å². The van der Waals surface area contributed by atoms with Gasteiger partial charge in [-0.05, 0) is 31.0 Å². The van der Waals surface area contributed by atoms with Crippen LogP contribution in [0.2, 0.25) is 0 Å². The first-order valence-corrected chi connectivity index (χ1v) is 7.15. The minimum absolute atomic E-state index is 0.0435. The van der Waals surface area contributed by atoms with Gasteiger partial charge < -0.3 is 15.7 Å². The van der Waals surface area contributed by atoms with Crippen LogP contribution in [-0.2, 0) is 4.79 Å². The number of unbranched alkanes of at least 4 members (excludes halogenated alkanes) is 1. The van der Waals surface area contributed by atoms with E-state index in [4.69, 9.17) is 5.11 Å². The fourth-order valence-corrected chi connectivity index (χ4v) is 2.55. The lowest BCUT2D eigenvalue weighted by atomic mass is 10.1. The smallest absolute Gasteiger partial charge is 0.251 e. The highest BCUT2D eigenvalue weighted by Gasteiger charge is 2.17. The Hall–Kier alpha value is -1.53. The number of rotatable bonds is 5. The molecule has 2 rings (SSSR count). The maximum absolute atomic E-state index is 11.9. The van der Waals surface area contributed by atoms with Gasteiger partial charge >= 0.3 is 0 Å². The number of nitrogens with one attached hydrogen (secondary N) is 2. The predicted molar refractivity (Wildman–Crippen MR) is 74.4 cm³/mol. The van der Waals surface area contributed by atoms with E-state index in [-0.39, 0.29) is 18.4 Å². The molecule has 0 saturated heterocycles. The van der Waals surface area contributed by atoms with Crippen molar-refractivity contribution in [1.29, 1.82) is 0 Å². The monoisotopic (exact) mass is 280 g/mol. The van der Waals surface area contributed by atoms with Gasteiger partial charge in [0.15, 0.2) is 0 Å². The first kappa shape index (κ1) is 13.9. The van der Waals surface area contributed by atoms with Gasteiger partial charge in [-0.15, -0.1) is 11.8 Å². The van der Waals surface area contributed by atoms with E-state index in [1.807, 2.05) is 6.07 Å². The number of fused-ring (bicyclic) bond motifs is 1. The van der Waals surface area contributed by atoms with Crippen molar-refractivity contribution >= 4 is 29.3 Å². The molecule has 6 heteroatoms. The SMILES string of the molecule is O=C1CSc2ccc(C(=O)NCCCCO)cc2N1. The Morgan fingerprint density at radius 2 is 2.26 bits per heavy atom. The number of amides is 2. The van der Waals surface area contributed by atoms with Gasteiger partial charge in [0, 0.05) is 23.6 Å². The number of benzene rings is 1. The Labute approximate surface area is 115 Å². The zero-order valence-corrected chi connectivity index (χ0v) is 11.3. The van der Waals surface area contributed by atoms with Crippen molar-refractivity contribution in [2.45, 2.75) is 17.7 Å². The van der Waals surface area contributed by atoms with Crippen molar-refractivity contribution in [2.24, 2.45) is 0 Å². The van der Waals surface area contributed by atoms with Crippen molar-refractivity contribution < 1.29 is 14.7 Å². The molecule has 0 fully saturated rings. The Balaban J connectivity index is 1.99. The van der Waals surface area contributed by atoms with E-state index < -0.39 is 0 Å². The van der Waals surface area contributed by atoms with Crippen LogP contribution in [0.4, 0.5) is 5.69 Å². The molecule has 3 N–H and O–H groups in total. The zero-order chi connectivity index (χ0) is 13.7. The molecular weight excluding hydrogens is 264 g/mol. The molecule has 0 saturated carbocycles. The van der Waals surface area contributed by atoms with Crippen LogP contribution in [0.5, 0.6) is 0 Å². The second-order valence-electron chi connectivity index (χ2n) is 4.23. The summed E-state index contributed by atoms with van der Waals surface area (Å²) in [6, 6.07) is 5.30. The normalized spacial score (nSPS) is 13.6. The van der Waals surface area contributed by atoms with Crippen molar-refractivity contribution in [1.82, 2.24) is 5.32 Å². The number of anilines is 1. The van der Waals surface area contributed by atoms with Gasteiger partial charge in [0.1, 0.15) is 0 Å². The Morgan fingerprint density at radius 1 is 1.42 bits per heavy atom. The van der Waals surface area contributed by atoms with Crippen LogP contribution >= 0.6 is 11.8 Å². The van der Waals surface area contributed by atoms with Gasteiger partial charge in [-0.3, -0.25) is 9.59 Å². The average molecular weight is 280 g/mol. The van der Waals surface area contributed by atoms with Gasteiger partial charge in [-0.25, -0.2) is 0 Å². The number of thioether (sulfide) groups is 1. The highest BCUT2D eigenvalue weighted by molar-refractivity contribution is 8.00. The molecule has 1 heterocycles. The molecule has 19 heavy (non-hydrogen) atoms. The molecule has 0 atom stereocenters. The van der Waals surface area contributed by atoms with Crippen LogP contribution in [0.1, 0.15) is 23.2 Å². The summed E-state index contributed by atoms with van der Waals surface area (Å²) in [4.78, 5) is 24.2. The third-order valence-electron chi connectivity index (χ3n) is 2.75. The van der Waals surface area contributed by atoms with E-state index in [0.717, 1.165) is 11.3 Å². The largest absolute Gasteiger partial charge is 0.396 e. The minimum atomic E-state index is -0.162. The molecule has 0 spiro atoms. The van der Waals surface area contributed by atoms with Crippen LogP contribution in [0.25, 0.3) is 0 Å². The van der Waals surface area contributed by atoms with Gasteiger partial charge in [0.05, 0.1) is 11.4 Å². The van der Waals surface area contributed by atoms with Gasteiger partial charge in [-0.2, -0.15) is 0 Å². The fraction of sp³-hybridized carbons (Fsp3) is 0.385. The summed E-state index contributed by atoms with van der Waals surface area (Å²) in [6.07, 6.45) is 1.43. The van der Waals surface area contributed by atoms with Gasteiger partial charge in [0.25, 0.3) is 5.91 Å². The highest BCUT2D eigenvalue weighted by Crippen LogP contribution is 2.31. The van der Waals surface area contributed by atoms with Gasteiger partial charge in [-0.1, -0.05) is 0 Å². The molecule has 1 aliphatic rings. The summed E-state index contributed by atoms with van der Waals surface area (Å²) >= 11 is 1.47. The topological polar surface area (TPSA) is 78.4 Å². The van der Waals surface area contributed by atoms with E-state index in [1.54, 1.807) is 12.1 Å². The lowest BCUT2D eigenvalue weighted by Gasteiger charge is -2.16. The van der Waals surface area contributed by atoms with E-state index in [1.165, 1.54) is 11.8 Å². The number of hydrogen-bond acceptors (Lipinski definition) is 4. The zero-order valence-electron chi connectivity index (χ0n) is 10.4. The lowest BCUT2D eigenvalue weighted by molar-refractivity contribution is -0.113. The highest BCUT2D eigenvalue weighted by atomic mass is 32.2. The fourth-order valence-electron chi connectivity index (χ4n) is 1.77. The maximum atomic E-state index is 11.9. The summed E-state index contributed by atoms with van der Waals surface area (Å²) in [5.74, 6) is 0.211. The molecule has 0 bridgehead atoms. The second-order valence-corrected chi connectivity index (χ2v) is 5.25. The predicted octanol–water partition coefficient (Wildman–Crippen LogP) is 1.23. The number of carbonyl (C=O) groups excluding carboxylic acids is 2. The number of hydrogen-bond donors (Lipinski definition) is 3. The lowest BCUT2D eigenvalue weighted by Crippen LogP contribution is -2.25. The molecular formula is C13H16N2O3S. The van der Waals surface area contributed by atoms with Crippen LogP contribution < -0.4 is 10.6 Å². The third kappa shape index (κ3) is 3.71. The molecule has 0 aromatic heterocycles. The average Bonchev–Trinajstić information content (AvgIpc) is 2.42. The Morgan fingerprint density at radius 3 is 3.05 bits per heavy atom. The molecule has 2 amide bonds. The summed E-state index contributed by atoms with van der Waals surface area (Å²) in [5.41, 5.74) is 1.23. The first-order chi connectivity index (χ1) is 9.20. The molecule has 1 aromatic carbocycles. The number of aliphatic hydroxyl groups is 1. The quantitative estimate of drug-likeness (QED) is 0.709. The molecule has 0 aliphatic carbocycles. The van der Waals surface area contributed by atoms with E-state index in [9.17, 15) is 9.59 Å². The number of carbonyl (C=O) groups is 2. The van der Waals surface area contributed by atoms with E-state index in [0.29, 0.717) is 30.0 Å². The maximum Gasteiger partial charge on any atom is 0.251 e. The molecule has 1 aliphatic heterocycles. The summed E-state index contributed by atoms with van der Waals surface area (Å²) in [7, 11) is 0. The molecule has 0 radical (unpaired) electrons. The molecule has 102 valence electrons. The van der Waals surface area contributed by atoms with Crippen molar-refractivity contribution in [3.05, 3.63) is 23.8 Å².